The van der Waals surface area contributed by atoms with Gasteiger partial charge in [-0.25, -0.2) is 4.98 Å². The number of amides is 1. The summed E-state index contributed by atoms with van der Waals surface area (Å²) >= 11 is 1.29. The molecule has 1 heterocycles. The number of fused-ring (bicyclic) bond motifs is 1. The Balaban J connectivity index is 1.90. The van der Waals surface area contributed by atoms with Crippen molar-refractivity contribution in [3.63, 3.8) is 0 Å². The van der Waals surface area contributed by atoms with E-state index in [-0.39, 0.29) is 5.91 Å². The molecule has 0 fully saturated rings. The van der Waals surface area contributed by atoms with E-state index in [9.17, 15) is 4.79 Å². The number of nitrogens with zero attached hydrogens (tertiary/aromatic N) is 1. The standard InChI is InChI=1S/C13H14N2O2S/c1-9(2)7-14-12(16)8-18-13-15-10-5-3-4-6-11(10)17-13/h3-6H,1,7-8H2,2H3,(H,14,16). The van der Waals surface area contributed by atoms with Gasteiger partial charge in [0.25, 0.3) is 5.22 Å². The largest absolute Gasteiger partial charge is 0.431 e. The molecule has 0 atom stereocenters. The zero-order chi connectivity index (χ0) is 13.0. The second-order valence-corrected chi connectivity index (χ2v) is 4.90. The number of oxazole rings is 1. The van der Waals surface area contributed by atoms with E-state index in [1.165, 1.54) is 11.8 Å². The molecular formula is C13H14N2O2S. The van der Waals surface area contributed by atoms with Gasteiger partial charge in [-0.05, 0) is 19.1 Å². The molecule has 94 valence electrons. The first-order valence-electron chi connectivity index (χ1n) is 5.54. The maximum atomic E-state index is 11.5. The van der Waals surface area contributed by atoms with Crippen LogP contribution in [0.25, 0.3) is 11.1 Å². The van der Waals surface area contributed by atoms with Crippen LogP contribution in [-0.2, 0) is 4.79 Å². The summed E-state index contributed by atoms with van der Waals surface area (Å²) in [6.07, 6.45) is 0. The van der Waals surface area contributed by atoms with Gasteiger partial charge in [0.2, 0.25) is 5.91 Å². The number of thioether (sulfide) groups is 1. The molecule has 0 bridgehead atoms. The number of aromatic nitrogens is 1. The second kappa shape index (κ2) is 5.73. The van der Waals surface area contributed by atoms with E-state index < -0.39 is 0 Å². The van der Waals surface area contributed by atoms with Crippen molar-refractivity contribution in [1.82, 2.24) is 10.3 Å². The Morgan fingerprint density at radius 3 is 3.00 bits per heavy atom. The van der Waals surface area contributed by atoms with Gasteiger partial charge in [-0.3, -0.25) is 4.79 Å². The molecule has 1 aromatic heterocycles. The van der Waals surface area contributed by atoms with Gasteiger partial charge >= 0.3 is 0 Å². The van der Waals surface area contributed by atoms with Crippen molar-refractivity contribution in [2.75, 3.05) is 12.3 Å². The van der Waals surface area contributed by atoms with Crippen molar-refractivity contribution in [3.05, 3.63) is 36.4 Å². The molecule has 0 spiro atoms. The first kappa shape index (κ1) is 12.7. The maximum absolute atomic E-state index is 11.5. The highest BCUT2D eigenvalue weighted by Gasteiger charge is 2.08. The number of hydrogen-bond acceptors (Lipinski definition) is 4. The van der Waals surface area contributed by atoms with Crippen LogP contribution in [0.15, 0.2) is 46.1 Å². The highest BCUT2D eigenvalue weighted by molar-refractivity contribution is 7.99. The van der Waals surface area contributed by atoms with Gasteiger partial charge < -0.3 is 9.73 Å². The molecule has 0 aliphatic heterocycles. The molecule has 1 amide bonds. The van der Waals surface area contributed by atoms with Crippen molar-refractivity contribution in [1.29, 1.82) is 0 Å². The van der Waals surface area contributed by atoms with Crippen LogP contribution in [0.5, 0.6) is 0 Å². The van der Waals surface area contributed by atoms with Crippen LogP contribution in [0.4, 0.5) is 0 Å². The summed E-state index contributed by atoms with van der Waals surface area (Å²) in [6.45, 7) is 6.10. The average molecular weight is 262 g/mol. The van der Waals surface area contributed by atoms with Gasteiger partial charge in [-0.2, -0.15) is 0 Å². The Bertz CT molecular complexity index is 544. The summed E-state index contributed by atoms with van der Waals surface area (Å²) in [6, 6.07) is 7.53. The molecule has 0 saturated carbocycles. The first-order valence-corrected chi connectivity index (χ1v) is 6.53. The summed E-state index contributed by atoms with van der Waals surface area (Å²) in [5.41, 5.74) is 2.47. The Kier molecular flexibility index (Phi) is 4.04. The predicted octanol–water partition coefficient (Wildman–Crippen LogP) is 2.61. The van der Waals surface area contributed by atoms with Gasteiger partial charge in [0.05, 0.1) is 5.75 Å². The second-order valence-electron chi connectivity index (χ2n) is 3.97. The molecule has 4 nitrogen and oxygen atoms in total. The fourth-order valence-corrected chi connectivity index (χ4v) is 2.01. The van der Waals surface area contributed by atoms with E-state index in [4.69, 9.17) is 4.42 Å². The third-order valence-corrected chi connectivity index (χ3v) is 3.02. The van der Waals surface area contributed by atoms with Gasteiger partial charge in [0.1, 0.15) is 5.52 Å². The maximum Gasteiger partial charge on any atom is 0.257 e. The van der Waals surface area contributed by atoms with E-state index in [1.54, 1.807) is 0 Å². The number of hydrogen-bond donors (Lipinski definition) is 1. The van der Waals surface area contributed by atoms with E-state index in [0.717, 1.165) is 16.7 Å². The molecule has 1 aromatic carbocycles. The summed E-state index contributed by atoms with van der Waals surface area (Å²) in [7, 11) is 0. The third-order valence-electron chi connectivity index (χ3n) is 2.19. The fraction of sp³-hybridized carbons (Fsp3) is 0.231. The molecule has 18 heavy (non-hydrogen) atoms. The molecule has 0 aliphatic carbocycles. The predicted molar refractivity (Wildman–Crippen MR) is 72.6 cm³/mol. The third kappa shape index (κ3) is 3.37. The van der Waals surface area contributed by atoms with Crippen molar-refractivity contribution in [2.24, 2.45) is 0 Å². The highest BCUT2D eigenvalue weighted by atomic mass is 32.2. The summed E-state index contributed by atoms with van der Waals surface area (Å²) in [5, 5.41) is 3.27. The zero-order valence-electron chi connectivity index (χ0n) is 10.1. The lowest BCUT2D eigenvalue weighted by atomic mass is 10.3. The van der Waals surface area contributed by atoms with E-state index in [0.29, 0.717) is 17.5 Å². The zero-order valence-corrected chi connectivity index (χ0v) is 10.9. The molecule has 0 radical (unpaired) electrons. The highest BCUT2D eigenvalue weighted by Crippen LogP contribution is 2.22. The van der Waals surface area contributed by atoms with Crippen LogP contribution >= 0.6 is 11.8 Å². The van der Waals surface area contributed by atoms with Gasteiger partial charge in [-0.1, -0.05) is 36.0 Å². The normalized spacial score (nSPS) is 10.5. The lowest BCUT2D eigenvalue weighted by Crippen LogP contribution is -2.26. The van der Waals surface area contributed by atoms with Gasteiger partial charge in [0.15, 0.2) is 5.58 Å². The minimum Gasteiger partial charge on any atom is -0.431 e. The number of carbonyl (C=O) groups is 1. The fourth-order valence-electron chi connectivity index (χ4n) is 1.34. The summed E-state index contributed by atoms with van der Waals surface area (Å²) < 4.78 is 5.50. The van der Waals surface area contributed by atoms with Crippen LogP contribution in [0.1, 0.15) is 6.92 Å². The van der Waals surface area contributed by atoms with Crippen molar-refractivity contribution >= 4 is 28.8 Å². The van der Waals surface area contributed by atoms with Crippen LogP contribution in [0.2, 0.25) is 0 Å². The van der Waals surface area contributed by atoms with E-state index in [2.05, 4.69) is 16.9 Å². The minimum absolute atomic E-state index is 0.0507. The Morgan fingerprint density at radius 2 is 2.28 bits per heavy atom. The molecule has 2 aromatic rings. The van der Waals surface area contributed by atoms with Crippen LogP contribution < -0.4 is 5.32 Å². The van der Waals surface area contributed by atoms with Crippen LogP contribution in [0.3, 0.4) is 0 Å². The number of para-hydroxylation sites is 2. The molecule has 0 aliphatic rings. The van der Waals surface area contributed by atoms with Gasteiger partial charge in [0, 0.05) is 6.54 Å². The monoisotopic (exact) mass is 262 g/mol. The Morgan fingerprint density at radius 1 is 1.50 bits per heavy atom. The SMILES string of the molecule is C=C(C)CNC(=O)CSc1nc2ccccc2o1. The van der Waals surface area contributed by atoms with Crippen LogP contribution in [0, 0.1) is 0 Å². The molecular weight excluding hydrogens is 248 g/mol. The molecule has 1 N–H and O–H groups in total. The van der Waals surface area contributed by atoms with Crippen molar-refractivity contribution < 1.29 is 9.21 Å². The number of carbonyl (C=O) groups excluding carboxylic acids is 1. The first-order chi connectivity index (χ1) is 8.65. The summed E-state index contributed by atoms with van der Waals surface area (Å²) in [4.78, 5) is 15.8. The number of benzene rings is 1. The van der Waals surface area contributed by atoms with E-state index in [1.807, 2.05) is 31.2 Å². The molecule has 2 rings (SSSR count). The topological polar surface area (TPSA) is 55.1 Å². The molecule has 0 saturated heterocycles. The number of rotatable bonds is 5. The van der Waals surface area contributed by atoms with Gasteiger partial charge in [-0.15, -0.1) is 0 Å². The smallest absolute Gasteiger partial charge is 0.257 e. The molecule has 5 heteroatoms. The summed E-state index contributed by atoms with van der Waals surface area (Å²) in [5.74, 6) is 0.241. The van der Waals surface area contributed by atoms with E-state index >= 15 is 0 Å². The Labute approximate surface area is 109 Å². The van der Waals surface area contributed by atoms with Crippen LogP contribution in [-0.4, -0.2) is 23.2 Å². The Hall–Kier alpha value is -1.75. The van der Waals surface area contributed by atoms with Crippen molar-refractivity contribution in [2.45, 2.75) is 12.1 Å². The lowest BCUT2D eigenvalue weighted by Gasteiger charge is -2.02. The van der Waals surface area contributed by atoms with Crippen molar-refractivity contribution in [3.8, 4) is 0 Å². The minimum atomic E-state index is -0.0507. The molecule has 0 unspecified atom stereocenters. The quantitative estimate of drug-likeness (QED) is 0.664. The number of nitrogens with one attached hydrogen (secondary N) is 1. The average Bonchev–Trinajstić information content (AvgIpc) is 2.76. The lowest BCUT2D eigenvalue weighted by molar-refractivity contribution is -0.118.